The lowest BCUT2D eigenvalue weighted by Gasteiger charge is -2.24. The molecule has 0 aliphatic rings. The third-order valence-electron chi connectivity index (χ3n) is 7.54. The fraction of sp³-hybridized carbons (Fsp3) is 0.205. The Morgan fingerprint density at radius 2 is 1.23 bits per heavy atom. The van der Waals surface area contributed by atoms with Gasteiger partial charge in [0.05, 0.1) is 12.5 Å². The Kier molecular flexibility index (Phi) is 10.1. The van der Waals surface area contributed by atoms with Crippen molar-refractivity contribution in [1.82, 2.24) is 0 Å². The van der Waals surface area contributed by atoms with E-state index in [0.717, 1.165) is 45.6 Å². The lowest BCUT2D eigenvalue weighted by Crippen LogP contribution is -2.11. The summed E-state index contributed by atoms with van der Waals surface area (Å²) < 4.78 is 19.4. The van der Waals surface area contributed by atoms with Crippen LogP contribution >= 0.6 is 0 Å². The molecule has 216 valence electrons. The standard InChI is InChI=1S/C39H37NO3/c1-29(33-16-8-4-9-17-33)42-38-24-22-35(25-26-40)37(39(38)43-30(2)34-18-10-5-11-19-34)23-21-31-15-12-20-36(27-31)41-28-32-13-6-3-7-14-32/h3-20,22,24,27,29-30H,21,23,25,28H2,1-2H3. The fourth-order valence-electron chi connectivity index (χ4n) is 5.15. The normalized spacial score (nSPS) is 12.1. The molecule has 4 nitrogen and oxygen atoms in total. The molecule has 0 radical (unpaired) electrons. The van der Waals surface area contributed by atoms with E-state index in [1.54, 1.807) is 0 Å². The average molecular weight is 568 g/mol. The highest BCUT2D eigenvalue weighted by atomic mass is 16.5. The molecule has 5 rings (SSSR count). The fourth-order valence-corrected chi connectivity index (χ4v) is 5.15. The van der Waals surface area contributed by atoms with Gasteiger partial charge in [-0.2, -0.15) is 5.26 Å². The first kappa shape index (κ1) is 29.5. The molecule has 2 unspecified atom stereocenters. The van der Waals surface area contributed by atoms with Gasteiger partial charge in [0.2, 0.25) is 0 Å². The van der Waals surface area contributed by atoms with Gasteiger partial charge in [0.15, 0.2) is 11.5 Å². The third kappa shape index (κ3) is 8.05. The van der Waals surface area contributed by atoms with Crippen LogP contribution in [0.5, 0.6) is 17.2 Å². The molecule has 0 amide bonds. The SMILES string of the molecule is CC(Oc1ccc(CC#N)c(CCc2cccc(OCc3ccccc3)c2)c1OC(C)c1ccccc1)c1ccccc1. The molecule has 0 saturated heterocycles. The molecule has 4 heteroatoms. The van der Waals surface area contributed by atoms with Crippen molar-refractivity contribution in [3.05, 3.63) is 161 Å². The average Bonchev–Trinajstić information content (AvgIpc) is 3.06. The molecule has 43 heavy (non-hydrogen) atoms. The third-order valence-corrected chi connectivity index (χ3v) is 7.54. The largest absolute Gasteiger partial charge is 0.489 e. The van der Waals surface area contributed by atoms with E-state index in [4.69, 9.17) is 14.2 Å². The summed E-state index contributed by atoms with van der Waals surface area (Å²) in [6.45, 7) is 4.61. The van der Waals surface area contributed by atoms with Crippen molar-refractivity contribution in [3.63, 3.8) is 0 Å². The molecule has 0 N–H and O–H groups in total. The lowest BCUT2D eigenvalue weighted by molar-refractivity contribution is 0.182. The quantitative estimate of drug-likeness (QED) is 0.142. The number of benzene rings is 5. The maximum Gasteiger partial charge on any atom is 0.165 e. The van der Waals surface area contributed by atoms with E-state index in [1.165, 1.54) is 0 Å². The molecular weight excluding hydrogens is 530 g/mol. The zero-order chi connectivity index (χ0) is 29.9. The number of ether oxygens (including phenoxy) is 3. The Balaban J connectivity index is 1.43. The Morgan fingerprint density at radius 1 is 0.628 bits per heavy atom. The summed E-state index contributed by atoms with van der Waals surface area (Å²) in [5.74, 6) is 2.21. The summed E-state index contributed by atoms with van der Waals surface area (Å²) in [4.78, 5) is 0. The summed E-state index contributed by atoms with van der Waals surface area (Å²) in [5.41, 5.74) is 6.39. The smallest absolute Gasteiger partial charge is 0.165 e. The second-order valence-corrected chi connectivity index (χ2v) is 10.6. The van der Waals surface area contributed by atoms with Crippen LogP contribution in [0, 0.1) is 11.3 Å². The van der Waals surface area contributed by atoms with Gasteiger partial charge in [-0.1, -0.05) is 109 Å². The molecule has 0 fully saturated rings. The molecule has 0 bridgehead atoms. The summed E-state index contributed by atoms with van der Waals surface area (Å²) in [6, 6.07) is 45.0. The molecule has 5 aromatic carbocycles. The van der Waals surface area contributed by atoms with Crippen LogP contribution in [0.25, 0.3) is 0 Å². The maximum atomic E-state index is 9.69. The van der Waals surface area contributed by atoms with E-state index in [0.29, 0.717) is 30.9 Å². The van der Waals surface area contributed by atoms with Crippen molar-refractivity contribution in [1.29, 1.82) is 5.26 Å². The van der Waals surface area contributed by atoms with Gasteiger partial charge >= 0.3 is 0 Å². The summed E-state index contributed by atoms with van der Waals surface area (Å²) in [7, 11) is 0. The molecular formula is C39H37NO3. The maximum absolute atomic E-state index is 9.69. The molecule has 2 atom stereocenters. The number of rotatable bonds is 13. The zero-order valence-electron chi connectivity index (χ0n) is 24.8. The Hall–Kier alpha value is -5.01. The van der Waals surface area contributed by atoms with E-state index in [9.17, 15) is 5.26 Å². The van der Waals surface area contributed by atoms with Gasteiger partial charge in [0, 0.05) is 5.56 Å². The molecule has 0 aliphatic carbocycles. The van der Waals surface area contributed by atoms with Crippen LogP contribution in [-0.2, 0) is 25.9 Å². The van der Waals surface area contributed by atoms with Gasteiger partial charge in [-0.3, -0.25) is 0 Å². The highest BCUT2D eigenvalue weighted by molar-refractivity contribution is 5.53. The number of hydrogen-bond donors (Lipinski definition) is 0. The van der Waals surface area contributed by atoms with Crippen LogP contribution in [0.4, 0.5) is 0 Å². The Labute approximate surface area is 255 Å². The number of hydrogen-bond acceptors (Lipinski definition) is 4. The minimum Gasteiger partial charge on any atom is -0.489 e. The van der Waals surface area contributed by atoms with Gasteiger partial charge in [-0.05, 0) is 72.7 Å². The van der Waals surface area contributed by atoms with E-state index in [-0.39, 0.29) is 12.2 Å². The van der Waals surface area contributed by atoms with E-state index in [1.807, 2.05) is 92.7 Å². The Bertz CT molecular complexity index is 1630. The van der Waals surface area contributed by atoms with Crippen molar-refractivity contribution < 1.29 is 14.2 Å². The van der Waals surface area contributed by atoms with E-state index in [2.05, 4.69) is 54.6 Å². The summed E-state index contributed by atoms with van der Waals surface area (Å²) in [6.07, 6.45) is 1.35. The minimum absolute atomic E-state index is 0.177. The summed E-state index contributed by atoms with van der Waals surface area (Å²) >= 11 is 0. The van der Waals surface area contributed by atoms with Gasteiger partial charge in [-0.15, -0.1) is 0 Å². The van der Waals surface area contributed by atoms with Crippen LogP contribution < -0.4 is 14.2 Å². The molecule has 0 heterocycles. The van der Waals surface area contributed by atoms with Gasteiger partial charge < -0.3 is 14.2 Å². The van der Waals surface area contributed by atoms with Crippen molar-refractivity contribution in [3.8, 4) is 23.3 Å². The predicted octanol–water partition coefficient (Wildman–Crippen LogP) is 9.40. The molecule has 0 spiro atoms. The second kappa shape index (κ2) is 14.8. The van der Waals surface area contributed by atoms with Crippen molar-refractivity contribution >= 4 is 0 Å². The van der Waals surface area contributed by atoms with Gasteiger partial charge in [0.1, 0.15) is 24.6 Å². The Morgan fingerprint density at radius 3 is 1.88 bits per heavy atom. The van der Waals surface area contributed by atoms with Crippen LogP contribution in [0.1, 0.15) is 59.4 Å². The van der Waals surface area contributed by atoms with Crippen LogP contribution in [-0.4, -0.2) is 0 Å². The molecule has 0 aromatic heterocycles. The summed E-state index contributed by atoms with van der Waals surface area (Å²) in [5, 5.41) is 9.69. The van der Waals surface area contributed by atoms with Crippen LogP contribution in [0.2, 0.25) is 0 Å². The first-order chi connectivity index (χ1) is 21.1. The first-order valence-corrected chi connectivity index (χ1v) is 14.8. The first-order valence-electron chi connectivity index (χ1n) is 14.8. The molecule has 5 aromatic rings. The number of nitriles is 1. The topological polar surface area (TPSA) is 51.5 Å². The minimum atomic E-state index is -0.207. The van der Waals surface area contributed by atoms with E-state index < -0.39 is 0 Å². The monoisotopic (exact) mass is 567 g/mol. The number of aryl methyl sites for hydroxylation is 1. The molecule has 0 saturated carbocycles. The van der Waals surface area contributed by atoms with Crippen molar-refractivity contribution in [2.24, 2.45) is 0 Å². The highest BCUT2D eigenvalue weighted by Gasteiger charge is 2.21. The predicted molar refractivity (Wildman–Crippen MR) is 171 cm³/mol. The van der Waals surface area contributed by atoms with Crippen molar-refractivity contribution in [2.75, 3.05) is 0 Å². The lowest BCUT2D eigenvalue weighted by atomic mass is 9.96. The highest BCUT2D eigenvalue weighted by Crippen LogP contribution is 2.40. The number of nitrogens with zero attached hydrogens (tertiary/aromatic N) is 1. The van der Waals surface area contributed by atoms with Gasteiger partial charge in [-0.25, -0.2) is 0 Å². The van der Waals surface area contributed by atoms with Crippen LogP contribution in [0.3, 0.4) is 0 Å². The molecule has 0 aliphatic heterocycles. The van der Waals surface area contributed by atoms with Crippen molar-refractivity contribution in [2.45, 2.75) is 51.9 Å². The van der Waals surface area contributed by atoms with E-state index >= 15 is 0 Å². The van der Waals surface area contributed by atoms with Crippen LogP contribution in [0.15, 0.2) is 127 Å². The zero-order valence-corrected chi connectivity index (χ0v) is 24.8. The van der Waals surface area contributed by atoms with Gasteiger partial charge in [0.25, 0.3) is 0 Å². The second-order valence-electron chi connectivity index (χ2n) is 10.6.